The first-order chi connectivity index (χ1) is 0. The summed E-state index contributed by atoms with van der Waals surface area (Å²) in [4.78, 5) is 0. The van der Waals surface area contributed by atoms with Gasteiger partial charge in [0.15, 0.2) is 0 Å². The van der Waals surface area contributed by atoms with Crippen LogP contribution in [0.25, 0.3) is 0 Å². The van der Waals surface area contributed by atoms with Crippen molar-refractivity contribution in [1.82, 2.24) is 0 Å². The Labute approximate surface area is 106 Å². The fourth-order valence-electron chi connectivity index (χ4n) is 0. The van der Waals surface area contributed by atoms with Gasteiger partial charge in [-0.1, -0.05) is 0 Å². The Morgan fingerprint density at radius 1 is 0.333 bits per heavy atom. The second-order valence-electron chi connectivity index (χ2n) is 0. The van der Waals surface area contributed by atoms with Crippen LogP contribution in [0, 0.1) is 0 Å². The number of hydrogen-bond acceptors (Lipinski definition) is 0. The van der Waals surface area contributed by atoms with Crippen LogP contribution in [0.15, 0.2) is 0 Å². The molecule has 6 heteroatoms. The molecule has 0 aromatic carbocycles. The molecule has 0 amide bonds. The van der Waals surface area contributed by atoms with E-state index in [2.05, 4.69) is 0 Å². The summed E-state index contributed by atoms with van der Waals surface area (Å²) in [6.07, 6.45) is 0. The number of halogens is 5. The van der Waals surface area contributed by atoms with Crippen LogP contribution in [0.1, 0.15) is 0 Å². The summed E-state index contributed by atoms with van der Waals surface area (Å²) in [7, 11) is 0. The average molecular weight is 492 g/mol. The summed E-state index contributed by atoms with van der Waals surface area (Å²) in [6, 6.07) is 0. The van der Waals surface area contributed by atoms with Crippen LogP contribution in [0.3, 0.4) is 0 Å². The molecule has 0 aliphatic heterocycles. The third-order valence-electron chi connectivity index (χ3n) is 0. The second kappa shape index (κ2) is 42.1. The monoisotopic (exact) mass is 487 g/mol. The van der Waals surface area contributed by atoms with Crippen molar-refractivity contribution in [1.29, 1.82) is 0 Å². The molecule has 0 aromatic rings. The third kappa shape index (κ3) is 27.3. The maximum absolute atomic E-state index is 0. The van der Waals surface area contributed by atoms with Crippen molar-refractivity contribution in [3.8, 4) is 0 Å². The largest absolute Gasteiger partial charge is 2.00 e. The zero-order valence-electron chi connectivity index (χ0n) is 2.34. The topological polar surface area (TPSA) is 0 Å². The Morgan fingerprint density at radius 3 is 0.333 bits per heavy atom. The van der Waals surface area contributed by atoms with Crippen molar-refractivity contribution in [2.45, 2.75) is 0 Å². The summed E-state index contributed by atoms with van der Waals surface area (Å²) < 4.78 is 0. The normalized spacial score (nSPS) is 0. The van der Waals surface area contributed by atoms with E-state index in [1.165, 1.54) is 0 Å². The van der Waals surface area contributed by atoms with Crippen molar-refractivity contribution in [3.05, 3.63) is 0 Å². The van der Waals surface area contributed by atoms with Crippen molar-refractivity contribution >= 4 is 0 Å². The molecule has 0 unspecified atom stereocenters. The zero-order chi connectivity index (χ0) is 0. The number of rotatable bonds is 0. The van der Waals surface area contributed by atoms with Gasteiger partial charge in [0, 0.05) is 0 Å². The summed E-state index contributed by atoms with van der Waals surface area (Å²) in [5.74, 6) is 0. The zero-order valence-corrected chi connectivity index (χ0v) is 12.5. The average Bonchev–Trinajstić information content (AvgIpc) is 0. The first kappa shape index (κ1) is 61.4. The van der Waals surface area contributed by atoms with Crippen molar-refractivity contribution < 1.29 is 107 Å². The molecule has 0 saturated heterocycles. The minimum Gasteiger partial charge on any atom is -1.00 e. The molecular formula is Br5Nb-3. The van der Waals surface area contributed by atoms with Gasteiger partial charge >= 0.3 is 22.4 Å². The minimum absolute atomic E-state index is 0. The van der Waals surface area contributed by atoms with Gasteiger partial charge in [0.05, 0.1) is 0 Å². The Morgan fingerprint density at radius 2 is 0.333 bits per heavy atom. The van der Waals surface area contributed by atoms with Crippen LogP contribution in [0.4, 0.5) is 0 Å². The maximum atomic E-state index is 0. The van der Waals surface area contributed by atoms with E-state index in [0.29, 0.717) is 0 Å². The van der Waals surface area contributed by atoms with Gasteiger partial charge in [-0.05, 0) is 0 Å². The molecule has 0 nitrogen and oxygen atoms in total. The molecule has 0 aromatic heterocycles. The van der Waals surface area contributed by atoms with Crippen molar-refractivity contribution in [3.63, 3.8) is 0 Å². The second-order valence-corrected chi connectivity index (χ2v) is 0. The third-order valence-corrected chi connectivity index (χ3v) is 0. The molecule has 0 atom stereocenters. The summed E-state index contributed by atoms with van der Waals surface area (Å²) >= 11 is 0. The van der Waals surface area contributed by atoms with Crippen LogP contribution in [0.5, 0.6) is 0 Å². The maximum Gasteiger partial charge on any atom is 2.00 e. The quantitative estimate of drug-likeness (QED) is 0.295. The van der Waals surface area contributed by atoms with Gasteiger partial charge in [-0.3, -0.25) is 0 Å². The van der Waals surface area contributed by atoms with Crippen LogP contribution in [-0.4, -0.2) is 0 Å². The Balaban J connectivity index is 0. The molecular weight excluding hydrogens is 492 g/mol. The molecule has 0 saturated carbocycles. The standard InChI is InChI=1S/5BrH.Nb/h5*1H;/q;;;;;+2/p-5. The SMILES string of the molecule is [Br-].[Br-].[Br-].[Br-].[Br-].[Nb+2]. The van der Waals surface area contributed by atoms with E-state index < -0.39 is 0 Å². The summed E-state index contributed by atoms with van der Waals surface area (Å²) in [5, 5.41) is 0. The minimum atomic E-state index is 0. The van der Waals surface area contributed by atoms with E-state index in [9.17, 15) is 0 Å². The smallest absolute Gasteiger partial charge is 1.00 e. The predicted molar refractivity (Wildman–Crippen MR) is 0 cm³/mol. The molecule has 1 radical (unpaired) electrons. The van der Waals surface area contributed by atoms with Crippen LogP contribution >= 0.6 is 0 Å². The van der Waals surface area contributed by atoms with Crippen molar-refractivity contribution in [2.75, 3.05) is 0 Å². The molecule has 0 bridgehead atoms. The van der Waals surface area contributed by atoms with E-state index in [0.717, 1.165) is 0 Å². The molecule has 0 aliphatic rings. The van der Waals surface area contributed by atoms with Gasteiger partial charge in [0.25, 0.3) is 0 Å². The fourth-order valence-corrected chi connectivity index (χ4v) is 0. The molecule has 6 heavy (non-hydrogen) atoms. The van der Waals surface area contributed by atoms with E-state index >= 15 is 0 Å². The summed E-state index contributed by atoms with van der Waals surface area (Å²) in [5.41, 5.74) is 0. The van der Waals surface area contributed by atoms with Crippen molar-refractivity contribution in [2.24, 2.45) is 0 Å². The van der Waals surface area contributed by atoms with Gasteiger partial charge in [-0.25, -0.2) is 0 Å². The summed E-state index contributed by atoms with van der Waals surface area (Å²) in [6.45, 7) is 0. The number of hydrogen-bond donors (Lipinski definition) is 0. The van der Waals surface area contributed by atoms with Gasteiger partial charge in [0.2, 0.25) is 0 Å². The van der Waals surface area contributed by atoms with E-state index in [1.54, 1.807) is 0 Å². The van der Waals surface area contributed by atoms with Gasteiger partial charge in [-0.2, -0.15) is 0 Å². The predicted octanol–water partition coefficient (Wildman–Crippen LogP) is -15.0. The van der Waals surface area contributed by atoms with E-state index in [4.69, 9.17) is 0 Å². The Bertz CT molecular complexity index is 3.90. The Kier molecular flexibility index (Phi) is 431. The molecule has 43 valence electrons. The fraction of sp³-hybridized carbons (Fsp3) is 0. The first-order valence-electron chi connectivity index (χ1n) is 0. The van der Waals surface area contributed by atoms with Crippen LogP contribution < -0.4 is 84.9 Å². The van der Waals surface area contributed by atoms with E-state index in [-0.39, 0.29) is 107 Å². The molecule has 0 fully saturated rings. The molecule has 0 aliphatic carbocycles. The van der Waals surface area contributed by atoms with Gasteiger partial charge < -0.3 is 84.9 Å². The van der Waals surface area contributed by atoms with Gasteiger partial charge in [-0.15, -0.1) is 0 Å². The van der Waals surface area contributed by atoms with E-state index in [1.807, 2.05) is 0 Å². The first-order valence-corrected chi connectivity index (χ1v) is 0. The molecule has 0 rings (SSSR count). The molecule has 0 N–H and O–H groups in total. The van der Waals surface area contributed by atoms with Gasteiger partial charge in [0.1, 0.15) is 0 Å². The van der Waals surface area contributed by atoms with Crippen LogP contribution in [-0.2, 0) is 22.4 Å². The molecule has 0 spiro atoms. The Hall–Kier alpha value is 3.14. The van der Waals surface area contributed by atoms with Crippen LogP contribution in [0.2, 0.25) is 0 Å². The molecule has 0 heterocycles.